The summed E-state index contributed by atoms with van der Waals surface area (Å²) in [5.41, 5.74) is 17.0. The largest absolute Gasteiger partial charge is 0.309 e. The highest BCUT2D eigenvalue weighted by atomic mass is 15.1. The van der Waals surface area contributed by atoms with Crippen LogP contribution in [0.3, 0.4) is 0 Å². The van der Waals surface area contributed by atoms with E-state index in [4.69, 9.17) is 4.98 Å². The van der Waals surface area contributed by atoms with Gasteiger partial charge < -0.3 is 4.57 Å². The average Bonchev–Trinajstić information content (AvgIpc) is 3.96. The average molecular weight is 698 g/mol. The van der Waals surface area contributed by atoms with Gasteiger partial charge in [-0.15, -0.1) is 0 Å². The third-order valence-corrected chi connectivity index (χ3v) is 12.5. The Bertz CT molecular complexity index is 3370. The lowest BCUT2D eigenvalue weighted by molar-refractivity contribution is 0.792. The van der Waals surface area contributed by atoms with Crippen molar-refractivity contribution < 1.29 is 0 Å². The second-order valence-corrected chi connectivity index (χ2v) is 15.0. The molecule has 0 amide bonds. The van der Waals surface area contributed by atoms with E-state index in [9.17, 15) is 0 Å². The molecule has 3 heterocycles. The summed E-state index contributed by atoms with van der Waals surface area (Å²) in [6, 6.07) is 67.3. The van der Waals surface area contributed by atoms with Crippen molar-refractivity contribution in [2.75, 3.05) is 0 Å². The minimum Gasteiger partial charge on any atom is -0.309 e. The van der Waals surface area contributed by atoms with Crippen LogP contribution in [0.1, 0.15) is 22.3 Å². The first-order valence-corrected chi connectivity index (χ1v) is 19.1. The van der Waals surface area contributed by atoms with Gasteiger partial charge in [0, 0.05) is 44.5 Å². The van der Waals surface area contributed by atoms with E-state index in [0.717, 1.165) is 22.4 Å². The SMILES string of the molecule is c1ccc(-n2c3ncccc3c3c4c(c5ccccc5c32)c2ccccc2n4-c2ccc3c(c2)C2(c4ccccc4-c4ccccc42)c2ccccc2-3)cc1. The fourth-order valence-corrected chi connectivity index (χ4v) is 10.6. The summed E-state index contributed by atoms with van der Waals surface area (Å²) in [4.78, 5) is 5.08. The monoisotopic (exact) mass is 697 g/mol. The highest BCUT2D eigenvalue weighted by Gasteiger charge is 2.51. The van der Waals surface area contributed by atoms with Gasteiger partial charge in [0.05, 0.1) is 22.0 Å². The van der Waals surface area contributed by atoms with E-state index in [1.54, 1.807) is 0 Å². The Morgan fingerprint density at radius 3 is 1.64 bits per heavy atom. The lowest BCUT2D eigenvalue weighted by Gasteiger charge is -2.30. The van der Waals surface area contributed by atoms with Crippen molar-refractivity contribution in [3.8, 4) is 33.6 Å². The molecule has 3 nitrogen and oxygen atoms in total. The van der Waals surface area contributed by atoms with Crippen molar-refractivity contribution in [2.45, 2.75) is 5.41 Å². The molecule has 0 saturated heterocycles. The topological polar surface area (TPSA) is 22.8 Å². The van der Waals surface area contributed by atoms with Gasteiger partial charge in [0.1, 0.15) is 5.65 Å². The number of fused-ring (bicyclic) bond motifs is 20. The van der Waals surface area contributed by atoms with E-state index in [2.05, 4.69) is 191 Å². The first-order chi connectivity index (χ1) is 27.3. The molecule has 3 aromatic heterocycles. The lowest BCUT2D eigenvalue weighted by atomic mass is 9.70. The minimum absolute atomic E-state index is 0.427. The van der Waals surface area contributed by atoms with Crippen LogP contribution in [0.5, 0.6) is 0 Å². The van der Waals surface area contributed by atoms with Gasteiger partial charge in [-0.25, -0.2) is 4.98 Å². The van der Waals surface area contributed by atoms with Crippen LogP contribution in [0.2, 0.25) is 0 Å². The number of nitrogens with zero attached hydrogens (tertiary/aromatic N) is 3. The quantitative estimate of drug-likeness (QED) is 0.176. The molecule has 11 aromatic rings. The van der Waals surface area contributed by atoms with E-state index < -0.39 is 5.41 Å². The van der Waals surface area contributed by atoms with Crippen LogP contribution in [-0.2, 0) is 5.41 Å². The summed E-state index contributed by atoms with van der Waals surface area (Å²) in [7, 11) is 0. The molecule has 8 aromatic carbocycles. The molecule has 2 aliphatic carbocycles. The molecular weight excluding hydrogens is 667 g/mol. The normalized spacial score (nSPS) is 13.6. The third-order valence-electron chi connectivity index (χ3n) is 12.5. The number of rotatable bonds is 2. The number of aromatic nitrogens is 3. The number of hydrogen-bond donors (Lipinski definition) is 0. The molecule has 0 unspecified atom stereocenters. The molecule has 0 atom stereocenters. The Hall–Kier alpha value is -7.23. The van der Waals surface area contributed by atoms with Crippen molar-refractivity contribution in [1.29, 1.82) is 0 Å². The zero-order valence-corrected chi connectivity index (χ0v) is 29.7. The van der Waals surface area contributed by atoms with Crippen molar-refractivity contribution in [3.63, 3.8) is 0 Å². The molecule has 3 heteroatoms. The molecule has 0 radical (unpaired) electrons. The van der Waals surface area contributed by atoms with Crippen LogP contribution in [0, 0.1) is 0 Å². The fourth-order valence-electron chi connectivity index (χ4n) is 10.6. The van der Waals surface area contributed by atoms with Gasteiger partial charge in [0.2, 0.25) is 0 Å². The van der Waals surface area contributed by atoms with Crippen LogP contribution in [0.4, 0.5) is 0 Å². The van der Waals surface area contributed by atoms with Gasteiger partial charge in [0.25, 0.3) is 0 Å². The predicted molar refractivity (Wildman–Crippen MR) is 227 cm³/mol. The summed E-state index contributed by atoms with van der Waals surface area (Å²) >= 11 is 0. The molecule has 0 bridgehead atoms. The van der Waals surface area contributed by atoms with Crippen LogP contribution >= 0.6 is 0 Å². The molecule has 2 aliphatic rings. The van der Waals surface area contributed by atoms with Gasteiger partial charge in [-0.05, 0) is 92.4 Å². The Morgan fingerprint density at radius 1 is 0.364 bits per heavy atom. The molecule has 13 rings (SSSR count). The summed E-state index contributed by atoms with van der Waals surface area (Å²) in [6.45, 7) is 0. The second kappa shape index (κ2) is 10.5. The highest BCUT2D eigenvalue weighted by Crippen LogP contribution is 2.63. The zero-order valence-electron chi connectivity index (χ0n) is 29.7. The first-order valence-electron chi connectivity index (χ1n) is 19.1. The molecule has 254 valence electrons. The Morgan fingerprint density at radius 2 is 0.927 bits per heavy atom. The van der Waals surface area contributed by atoms with E-state index in [0.29, 0.717) is 0 Å². The maximum absolute atomic E-state index is 5.08. The Kier molecular flexibility index (Phi) is 5.56. The van der Waals surface area contributed by atoms with Crippen LogP contribution in [0.25, 0.3) is 88.1 Å². The lowest BCUT2D eigenvalue weighted by Crippen LogP contribution is -2.26. The van der Waals surface area contributed by atoms with Crippen LogP contribution in [-0.4, -0.2) is 14.1 Å². The van der Waals surface area contributed by atoms with Gasteiger partial charge in [-0.2, -0.15) is 0 Å². The summed E-state index contributed by atoms with van der Waals surface area (Å²) < 4.78 is 4.92. The van der Waals surface area contributed by atoms with Crippen LogP contribution in [0.15, 0.2) is 188 Å². The molecule has 1 spiro atoms. The minimum atomic E-state index is -0.427. The predicted octanol–water partition coefficient (Wildman–Crippen LogP) is 12.8. The molecule has 0 aliphatic heterocycles. The maximum atomic E-state index is 5.08. The van der Waals surface area contributed by atoms with E-state index in [1.165, 1.54) is 88.0 Å². The van der Waals surface area contributed by atoms with Crippen molar-refractivity contribution in [1.82, 2.24) is 14.1 Å². The van der Waals surface area contributed by atoms with Crippen molar-refractivity contribution in [3.05, 3.63) is 210 Å². The van der Waals surface area contributed by atoms with Gasteiger partial charge in [-0.3, -0.25) is 4.57 Å². The van der Waals surface area contributed by atoms with E-state index >= 15 is 0 Å². The Labute approximate surface area is 317 Å². The Balaban J connectivity index is 1.23. The fraction of sp³-hybridized carbons (Fsp3) is 0.0192. The smallest absolute Gasteiger partial charge is 0.145 e. The summed E-state index contributed by atoms with van der Waals surface area (Å²) in [5, 5.41) is 7.33. The third kappa shape index (κ3) is 3.50. The highest BCUT2D eigenvalue weighted by molar-refractivity contribution is 6.36. The van der Waals surface area contributed by atoms with E-state index in [-0.39, 0.29) is 0 Å². The first kappa shape index (κ1) is 29.2. The summed E-state index contributed by atoms with van der Waals surface area (Å²) in [5.74, 6) is 0. The zero-order chi connectivity index (χ0) is 35.8. The van der Waals surface area contributed by atoms with Crippen molar-refractivity contribution in [2.24, 2.45) is 0 Å². The molecule has 0 saturated carbocycles. The van der Waals surface area contributed by atoms with Gasteiger partial charge in [-0.1, -0.05) is 140 Å². The van der Waals surface area contributed by atoms with Gasteiger partial charge >= 0.3 is 0 Å². The molecule has 0 N–H and O–H groups in total. The standard InChI is InChI=1S/C52H31N3/c1-2-15-32(16-3-1)55-49-39-21-5-4-20-38(39)47-40-22-9-13-27-46(40)54(50(47)48(49)41-23-14-30-53-51(41)55)33-28-29-37-36-19-8-12-26-44(36)52(45(37)31-33)42-24-10-6-17-34(42)35-18-7-11-25-43(35)52/h1-31H. The molecule has 0 fully saturated rings. The number of hydrogen-bond acceptors (Lipinski definition) is 1. The number of benzene rings is 8. The van der Waals surface area contributed by atoms with Crippen molar-refractivity contribution >= 4 is 54.5 Å². The number of para-hydroxylation sites is 2. The van der Waals surface area contributed by atoms with Crippen LogP contribution < -0.4 is 0 Å². The second-order valence-electron chi connectivity index (χ2n) is 15.0. The number of pyridine rings is 1. The summed E-state index contributed by atoms with van der Waals surface area (Å²) in [6.07, 6.45) is 1.92. The maximum Gasteiger partial charge on any atom is 0.145 e. The molecule has 55 heavy (non-hydrogen) atoms. The molecular formula is C52H31N3. The van der Waals surface area contributed by atoms with Gasteiger partial charge in [0.15, 0.2) is 0 Å². The van der Waals surface area contributed by atoms with E-state index in [1.807, 2.05) is 6.20 Å².